The fraction of sp³-hybridized carbons (Fsp3) is 0.538. The van der Waals surface area contributed by atoms with Crippen LogP contribution in [0, 0.1) is 0 Å². The molecule has 0 saturated carbocycles. The molecule has 0 aromatic heterocycles. The largest absolute Gasteiger partial charge is 0.485 e. The smallest absolute Gasteiger partial charge is 0.373 e. The third-order valence-corrected chi connectivity index (χ3v) is 3.23. The van der Waals surface area contributed by atoms with Crippen molar-refractivity contribution in [3.63, 3.8) is 0 Å². The fourth-order valence-corrected chi connectivity index (χ4v) is 2.09. The van der Waals surface area contributed by atoms with E-state index in [2.05, 4.69) is 0 Å². The van der Waals surface area contributed by atoms with E-state index in [0.717, 1.165) is 0 Å². The molecule has 0 aliphatic carbocycles. The van der Waals surface area contributed by atoms with E-state index in [1.54, 1.807) is 18.2 Å². The number of hydrogen-bond acceptors (Lipinski definition) is 3. The average molecular weight is 273 g/mol. The molecule has 2 saturated heterocycles. The average Bonchev–Trinajstić information content (AvgIpc) is 3.21. The van der Waals surface area contributed by atoms with Gasteiger partial charge in [0.2, 0.25) is 0 Å². The highest BCUT2D eigenvalue weighted by atomic mass is 19.4. The fourth-order valence-electron chi connectivity index (χ4n) is 2.09. The van der Waals surface area contributed by atoms with Crippen LogP contribution in [0.1, 0.15) is 5.56 Å². The van der Waals surface area contributed by atoms with Crippen LogP contribution in [0.15, 0.2) is 24.3 Å². The van der Waals surface area contributed by atoms with Crippen LogP contribution in [-0.4, -0.2) is 38.3 Å². The standard InChI is InChI=1S/C13H14F3NO2/c14-13(15,16)17(6-11-8-19-11)12-4-2-1-3-9(12)5-10-7-18-10/h1-4,10-11H,5-8H2. The van der Waals surface area contributed by atoms with Gasteiger partial charge in [0, 0.05) is 12.1 Å². The number of ether oxygens (including phenoxy) is 2. The van der Waals surface area contributed by atoms with E-state index >= 15 is 0 Å². The zero-order valence-electron chi connectivity index (χ0n) is 10.2. The number of epoxide rings is 2. The van der Waals surface area contributed by atoms with Crippen molar-refractivity contribution in [2.45, 2.75) is 24.9 Å². The molecular formula is C13H14F3NO2. The van der Waals surface area contributed by atoms with Crippen LogP contribution in [-0.2, 0) is 15.9 Å². The van der Waals surface area contributed by atoms with Crippen molar-refractivity contribution in [3.8, 4) is 0 Å². The van der Waals surface area contributed by atoms with Gasteiger partial charge in [-0.1, -0.05) is 18.2 Å². The van der Waals surface area contributed by atoms with Crippen LogP contribution in [0.2, 0.25) is 0 Å². The van der Waals surface area contributed by atoms with Crippen LogP contribution in [0.4, 0.5) is 18.9 Å². The van der Waals surface area contributed by atoms with Crippen molar-refractivity contribution >= 4 is 5.69 Å². The van der Waals surface area contributed by atoms with Gasteiger partial charge in [0.1, 0.15) is 0 Å². The highest BCUT2D eigenvalue weighted by molar-refractivity contribution is 5.55. The molecule has 2 atom stereocenters. The lowest BCUT2D eigenvalue weighted by Crippen LogP contribution is -2.41. The van der Waals surface area contributed by atoms with Crippen molar-refractivity contribution in [2.24, 2.45) is 0 Å². The Labute approximate surface area is 108 Å². The molecule has 2 unspecified atom stereocenters. The minimum absolute atomic E-state index is 0.0633. The van der Waals surface area contributed by atoms with E-state index in [4.69, 9.17) is 9.47 Å². The van der Waals surface area contributed by atoms with Crippen LogP contribution >= 0.6 is 0 Å². The molecule has 2 aliphatic heterocycles. The summed E-state index contributed by atoms with van der Waals surface area (Å²) in [6.45, 7) is 0.888. The Hall–Kier alpha value is -1.27. The summed E-state index contributed by atoms with van der Waals surface area (Å²) in [5, 5.41) is 0. The van der Waals surface area contributed by atoms with Gasteiger partial charge >= 0.3 is 6.30 Å². The molecule has 2 fully saturated rings. The second-order valence-electron chi connectivity index (χ2n) is 4.82. The third kappa shape index (κ3) is 3.19. The summed E-state index contributed by atoms with van der Waals surface area (Å²) in [5.41, 5.74) is 0.879. The van der Waals surface area contributed by atoms with E-state index in [9.17, 15) is 13.2 Å². The molecular weight excluding hydrogens is 259 g/mol. The molecule has 0 spiro atoms. The van der Waals surface area contributed by atoms with Crippen molar-refractivity contribution in [2.75, 3.05) is 24.7 Å². The highest BCUT2D eigenvalue weighted by Crippen LogP contribution is 2.34. The van der Waals surface area contributed by atoms with Crippen molar-refractivity contribution in [3.05, 3.63) is 29.8 Å². The molecule has 0 radical (unpaired) electrons. The van der Waals surface area contributed by atoms with Gasteiger partial charge in [-0.05, 0) is 11.6 Å². The summed E-state index contributed by atoms with van der Waals surface area (Å²) in [4.78, 5) is 0.475. The Morgan fingerprint density at radius 2 is 1.74 bits per heavy atom. The summed E-state index contributed by atoms with van der Waals surface area (Å²) < 4.78 is 49.5. The zero-order chi connectivity index (χ0) is 13.5. The lowest BCUT2D eigenvalue weighted by Gasteiger charge is -2.28. The first-order chi connectivity index (χ1) is 9.04. The van der Waals surface area contributed by atoms with Gasteiger partial charge in [0.05, 0.1) is 32.0 Å². The first-order valence-electron chi connectivity index (χ1n) is 6.19. The lowest BCUT2D eigenvalue weighted by molar-refractivity contribution is -0.129. The van der Waals surface area contributed by atoms with E-state index in [1.807, 2.05) is 0 Å². The Balaban J connectivity index is 1.86. The highest BCUT2D eigenvalue weighted by Gasteiger charge is 2.42. The van der Waals surface area contributed by atoms with Crippen LogP contribution < -0.4 is 4.90 Å². The Morgan fingerprint density at radius 1 is 1.11 bits per heavy atom. The van der Waals surface area contributed by atoms with Gasteiger partial charge in [-0.15, -0.1) is 0 Å². The monoisotopic (exact) mass is 273 g/mol. The molecule has 1 aromatic rings. The second-order valence-corrected chi connectivity index (χ2v) is 4.82. The topological polar surface area (TPSA) is 28.3 Å². The Morgan fingerprint density at radius 3 is 2.32 bits per heavy atom. The minimum atomic E-state index is -4.40. The molecule has 2 aliphatic rings. The van der Waals surface area contributed by atoms with Crippen molar-refractivity contribution in [1.82, 2.24) is 0 Å². The Bertz CT molecular complexity index is 455. The number of benzene rings is 1. The Kier molecular flexibility index (Phi) is 3.14. The number of alkyl halides is 3. The normalized spacial score (nSPS) is 25.2. The summed E-state index contributed by atoms with van der Waals surface area (Å²) in [6.07, 6.45) is -4.12. The number of halogens is 3. The molecule has 19 heavy (non-hydrogen) atoms. The van der Waals surface area contributed by atoms with Gasteiger partial charge in [0.25, 0.3) is 0 Å². The predicted molar refractivity (Wildman–Crippen MR) is 63.0 cm³/mol. The lowest BCUT2D eigenvalue weighted by atomic mass is 10.1. The quantitative estimate of drug-likeness (QED) is 0.609. The maximum atomic E-state index is 13.2. The summed E-state index contributed by atoms with van der Waals surface area (Å²) >= 11 is 0. The summed E-state index contributed by atoms with van der Waals surface area (Å²) in [7, 11) is 0. The summed E-state index contributed by atoms with van der Waals surface area (Å²) in [6, 6.07) is 6.61. The zero-order valence-corrected chi connectivity index (χ0v) is 10.2. The van der Waals surface area contributed by atoms with Gasteiger partial charge in [-0.25, -0.2) is 0 Å². The molecule has 3 nitrogen and oxygen atoms in total. The number of anilines is 1. The number of para-hydroxylation sites is 1. The first-order valence-corrected chi connectivity index (χ1v) is 6.19. The van der Waals surface area contributed by atoms with Gasteiger partial charge < -0.3 is 9.47 Å². The van der Waals surface area contributed by atoms with E-state index < -0.39 is 6.30 Å². The second kappa shape index (κ2) is 4.68. The van der Waals surface area contributed by atoms with Gasteiger partial charge in [-0.2, -0.15) is 13.2 Å². The van der Waals surface area contributed by atoms with Gasteiger partial charge in [0.15, 0.2) is 0 Å². The molecule has 104 valence electrons. The molecule has 2 heterocycles. The molecule has 0 N–H and O–H groups in total. The molecule has 0 amide bonds. The van der Waals surface area contributed by atoms with Gasteiger partial charge in [-0.3, -0.25) is 4.90 Å². The maximum absolute atomic E-state index is 13.2. The third-order valence-electron chi connectivity index (χ3n) is 3.23. The number of hydrogen-bond donors (Lipinski definition) is 0. The molecule has 6 heteroatoms. The summed E-state index contributed by atoms with van der Waals surface area (Å²) in [5.74, 6) is 0. The minimum Gasteiger partial charge on any atom is -0.373 e. The van der Waals surface area contributed by atoms with Crippen molar-refractivity contribution in [1.29, 1.82) is 0 Å². The van der Waals surface area contributed by atoms with E-state index in [0.29, 0.717) is 30.1 Å². The van der Waals surface area contributed by atoms with E-state index in [-0.39, 0.29) is 24.4 Å². The number of nitrogens with zero attached hydrogens (tertiary/aromatic N) is 1. The predicted octanol–water partition coefficient (Wildman–Crippen LogP) is 2.35. The van der Waals surface area contributed by atoms with E-state index in [1.165, 1.54) is 6.07 Å². The first kappa shape index (κ1) is 12.7. The van der Waals surface area contributed by atoms with Crippen LogP contribution in [0.25, 0.3) is 0 Å². The van der Waals surface area contributed by atoms with Crippen LogP contribution in [0.5, 0.6) is 0 Å². The number of rotatable bonds is 5. The molecule has 1 aromatic carbocycles. The molecule has 0 bridgehead atoms. The maximum Gasteiger partial charge on any atom is 0.485 e. The SMILES string of the molecule is FC(F)(F)N(CC1CO1)c1ccccc1CC1CO1. The van der Waals surface area contributed by atoms with Crippen LogP contribution in [0.3, 0.4) is 0 Å². The van der Waals surface area contributed by atoms with Crippen molar-refractivity contribution < 1.29 is 22.6 Å². The molecule has 3 rings (SSSR count).